The quantitative estimate of drug-likeness (QED) is 0.740. The molecule has 1 aliphatic heterocycles. The molecule has 1 aliphatic rings. The minimum Gasteiger partial charge on any atom is -0.393 e. The summed E-state index contributed by atoms with van der Waals surface area (Å²) in [6.07, 6.45) is 0.913. The number of likely N-dealkylation sites (tertiary alicyclic amines) is 1. The van der Waals surface area contributed by atoms with Crippen molar-refractivity contribution in [2.24, 2.45) is 5.92 Å². The maximum Gasteiger partial charge on any atom is 0.127 e. The average Bonchev–Trinajstić information content (AvgIpc) is 2.15. The second-order valence-corrected chi connectivity index (χ2v) is 5.22. The SMILES string of the molecule is CC(C)(C)N1CCCC(C(F)CO)C1. The van der Waals surface area contributed by atoms with Gasteiger partial charge in [-0.3, -0.25) is 4.90 Å². The van der Waals surface area contributed by atoms with E-state index in [1.165, 1.54) is 0 Å². The third-order valence-electron chi connectivity index (χ3n) is 3.09. The van der Waals surface area contributed by atoms with Crippen LogP contribution >= 0.6 is 0 Å². The number of halogens is 1. The summed E-state index contributed by atoms with van der Waals surface area (Å²) < 4.78 is 13.3. The predicted octanol–water partition coefficient (Wildman–Crippen LogP) is 1.83. The van der Waals surface area contributed by atoms with E-state index in [1.807, 2.05) is 0 Å². The highest BCUT2D eigenvalue weighted by atomic mass is 19.1. The molecule has 1 heterocycles. The summed E-state index contributed by atoms with van der Waals surface area (Å²) in [5.74, 6) is 0.0213. The van der Waals surface area contributed by atoms with E-state index in [0.29, 0.717) is 0 Å². The molecule has 0 aromatic heterocycles. The molecule has 3 heteroatoms. The van der Waals surface area contributed by atoms with Crippen molar-refractivity contribution in [2.75, 3.05) is 19.7 Å². The van der Waals surface area contributed by atoms with Gasteiger partial charge in [-0.05, 0) is 40.2 Å². The summed E-state index contributed by atoms with van der Waals surface area (Å²) >= 11 is 0. The number of rotatable bonds is 2. The first-order chi connectivity index (χ1) is 6.45. The number of piperidine rings is 1. The summed E-state index contributed by atoms with van der Waals surface area (Å²) in [7, 11) is 0. The highest BCUT2D eigenvalue weighted by Gasteiger charge is 2.31. The summed E-state index contributed by atoms with van der Waals surface area (Å²) in [5, 5.41) is 8.78. The van der Waals surface area contributed by atoms with Gasteiger partial charge < -0.3 is 5.11 Å². The lowest BCUT2D eigenvalue weighted by atomic mass is 9.90. The third kappa shape index (κ3) is 2.92. The van der Waals surface area contributed by atoms with Gasteiger partial charge in [0.2, 0.25) is 0 Å². The van der Waals surface area contributed by atoms with Gasteiger partial charge in [0.1, 0.15) is 6.17 Å². The monoisotopic (exact) mass is 203 g/mol. The van der Waals surface area contributed by atoms with Crippen molar-refractivity contribution < 1.29 is 9.50 Å². The molecule has 0 aliphatic carbocycles. The fourth-order valence-electron chi connectivity index (χ4n) is 2.06. The van der Waals surface area contributed by atoms with Gasteiger partial charge in [-0.2, -0.15) is 0 Å². The number of hydrogen-bond donors (Lipinski definition) is 1. The van der Waals surface area contributed by atoms with Crippen LogP contribution in [0.1, 0.15) is 33.6 Å². The summed E-state index contributed by atoms with van der Waals surface area (Å²) in [5.41, 5.74) is 0.119. The van der Waals surface area contributed by atoms with Crippen LogP contribution in [0.5, 0.6) is 0 Å². The van der Waals surface area contributed by atoms with Gasteiger partial charge in [-0.25, -0.2) is 4.39 Å². The highest BCUT2D eigenvalue weighted by Crippen LogP contribution is 2.26. The molecule has 1 N–H and O–H groups in total. The van der Waals surface area contributed by atoms with Crippen molar-refractivity contribution >= 4 is 0 Å². The molecule has 0 amide bonds. The summed E-state index contributed by atoms with van der Waals surface area (Å²) in [6, 6.07) is 0. The van der Waals surface area contributed by atoms with E-state index in [2.05, 4.69) is 25.7 Å². The number of aliphatic hydroxyl groups excluding tert-OH is 1. The summed E-state index contributed by atoms with van der Waals surface area (Å²) in [4.78, 5) is 2.31. The topological polar surface area (TPSA) is 23.5 Å². The fraction of sp³-hybridized carbons (Fsp3) is 1.00. The minimum atomic E-state index is -1.04. The second kappa shape index (κ2) is 4.58. The standard InChI is InChI=1S/C11H22FNO/c1-11(2,3)13-6-4-5-9(7-13)10(12)8-14/h9-10,14H,4-8H2,1-3H3. The molecule has 0 saturated carbocycles. The molecule has 14 heavy (non-hydrogen) atoms. The van der Waals surface area contributed by atoms with Gasteiger partial charge in [0.25, 0.3) is 0 Å². The molecule has 2 atom stereocenters. The van der Waals surface area contributed by atoms with Gasteiger partial charge in [-0.1, -0.05) is 0 Å². The van der Waals surface area contributed by atoms with Crippen molar-refractivity contribution in [3.05, 3.63) is 0 Å². The molecular formula is C11H22FNO. The lowest BCUT2D eigenvalue weighted by molar-refractivity contribution is 0.0288. The van der Waals surface area contributed by atoms with Crippen LogP contribution in [0.15, 0.2) is 0 Å². The Morgan fingerprint density at radius 3 is 2.64 bits per heavy atom. The zero-order valence-corrected chi connectivity index (χ0v) is 9.46. The van der Waals surface area contributed by atoms with E-state index >= 15 is 0 Å². The van der Waals surface area contributed by atoms with Gasteiger partial charge in [-0.15, -0.1) is 0 Å². The Balaban J connectivity index is 2.52. The molecule has 0 bridgehead atoms. The van der Waals surface area contributed by atoms with Crippen LogP contribution < -0.4 is 0 Å². The maximum absolute atomic E-state index is 13.3. The zero-order valence-electron chi connectivity index (χ0n) is 9.46. The summed E-state index contributed by atoms with van der Waals surface area (Å²) in [6.45, 7) is 7.97. The number of alkyl halides is 1. The first-order valence-corrected chi connectivity index (χ1v) is 5.45. The molecule has 84 valence electrons. The van der Waals surface area contributed by atoms with E-state index in [0.717, 1.165) is 25.9 Å². The zero-order chi connectivity index (χ0) is 10.8. The van der Waals surface area contributed by atoms with Gasteiger partial charge in [0.05, 0.1) is 6.61 Å². The Morgan fingerprint density at radius 1 is 1.50 bits per heavy atom. The molecule has 1 fully saturated rings. The second-order valence-electron chi connectivity index (χ2n) is 5.22. The van der Waals surface area contributed by atoms with Crippen molar-refractivity contribution in [3.63, 3.8) is 0 Å². The minimum absolute atomic E-state index is 0.0213. The maximum atomic E-state index is 13.3. The highest BCUT2D eigenvalue weighted by molar-refractivity contribution is 4.85. The molecule has 0 aromatic rings. The first kappa shape index (κ1) is 11.9. The lowest BCUT2D eigenvalue weighted by Crippen LogP contribution is -2.49. The molecule has 2 nitrogen and oxygen atoms in total. The van der Waals surface area contributed by atoms with Gasteiger partial charge in [0, 0.05) is 18.0 Å². The van der Waals surface area contributed by atoms with Crippen molar-refractivity contribution in [2.45, 2.75) is 45.3 Å². The molecule has 0 aromatic carbocycles. The molecule has 2 unspecified atom stereocenters. The van der Waals surface area contributed by atoms with Crippen molar-refractivity contribution in [3.8, 4) is 0 Å². The molecule has 0 radical (unpaired) electrons. The Morgan fingerprint density at radius 2 is 2.14 bits per heavy atom. The van der Waals surface area contributed by atoms with Crippen LogP contribution in [-0.4, -0.2) is 41.4 Å². The lowest BCUT2D eigenvalue weighted by Gasteiger charge is -2.42. The smallest absolute Gasteiger partial charge is 0.127 e. The molecular weight excluding hydrogens is 181 g/mol. The molecule has 1 saturated heterocycles. The van der Waals surface area contributed by atoms with Crippen LogP contribution in [0.2, 0.25) is 0 Å². The normalized spacial score (nSPS) is 27.6. The molecule has 0 spiro atoms. The molecule has 1 rings (SSSR count). The van der Waals surface area contributed by atoms with Crippen LogP contribution in [0.25, 0.3) is 0 Å². The van der Waals surface area contributed by atoms with Crippen LogP contribution in [0, 0.1) is 5.92 Å². The predicted molar refractivity (Wildman–Crippen MR) is 56.0 cm³/mol. The van der Waals surface area contributed by atoms with Crippen LogP contribution in [0.4, 0.5) is 4.39 Å². The number of nitrogens with zero attached hydrogens (tertiary/aromatic N) is 1. The Hall–Kier alpha value is -0.150. The largest absolute Gasteiger partial charge is 0.393 e. The Kier molecular flexibility index (Phi) is 3.90. The van der Waals surface area contributed by atoms with Gasteiger partial charge in [0.15, 0.2) is 0 Å². The van der Waals surface area contributed by atoms with E-state index in [9.17, 15) is 4.39 Å². The Bertz CT molecular complexity index is 179. The van der Waals surface area contributed by atoms with Crippen LogP contribution in [-0.2, 0) is 0 Å². The van der Waals surface area contributed by atoms with Crippen molar-refractivity contribution in [1.82, 2.24) is 4.90 Å². The van der Waals surface area contributed by atoms with E-state index < -0.39 is 6.17 Å². The fourth-order valence-corrected chi connectivity index (χ4v) is 2.06. The number of hydrogen-bond acceptors (Lipinski definition) is 2. The van der Waals surface area contributed by atoms with E-state index in [1.54, 1.807) is 0 Å². The van der Waals surface area contributed by atoms with Gasteiger partial charge >= 0.3 is 0 Å². The first-order valence-electron chi connectivity index (χ1n) is 5.45. The Labute approximate surface area is 86.1 Å². The van der Waals surface area contributed by atoms with E-state index in [-0.39, 0.29) is 18.1 Å². The average molecular weight is 203 g/mol. The van der Waals surface area contributed by atoms with Crippen LogP contribution in [0.3, 0.4) is 0 Å². The van der Waals surface area contributed by atoms with E-state index in [4.69, 9.17) is 5.11 Å². The third-order valence-corrected chi connectivity index (χ3v) is 3.09. The van der Waals surface area contributed by atoms with Crippen molar-refractivity contribution in [1.29, 1.82) is 0 Å². The number of aliphatic hydroxyl groups is 1.